The van der Waals surface area contributed by atoms with Gasteiger partial charge in [0.2, 0.25) is 0 Å². The Balaban J connectivity index is 1.41. The lowest BCUT2D eigenvalue weighted by Gasteiger charge is -2.35. The average molecular weight is 458 g/mol. The fourth-order valence-corrected chi connectivity index (χ4v) is 3.63. The van der Waals surface area contributed by atoms with Gasteiger partial charge in [0.15, 0.2) is 5.69 Å². The van der Waals surface area contributed by atoms with E-state index in [0.717, 1.165) is 37.3 Å². The van der Waals surface area contributed by atoms with Gasteiger partial charge in [-0.2, -0.15) is 5.10 Å². The number of rotatable bonds is 7. The number of methoxy groups -OCH3 is 1. The van der Waals surface area contributed by atoms with Gasteiger partial charge in [-0.05, 0) is 64.4 Å². The predicted octanol–water partition coefficient (Wildman–Crippen LogP) is 2.86. The topological polar surface area (TPSA) is 88.9 Å². The lowest BCUT2D eigenvalue weighted by Crippen LogP contribution is -2.50. The van der Waals surface area contributed by atoms with E-state index < -0.39 is 5.60 Å². The highest BCUT2D eigenvalue weighted by molar-refractivity contribution is 5.92. The molecule has 1 aromatic carbocycles. The minimum absolute atomic E-state index is 0.199. The molecule has 2 aromatic rings. The molecule has 33 heavy (non-hydrogen) atoms. The van der Waals surface area contributed by atoms with Crippen molar-refractivity contribution in [3.8, 4) is 11.4 Å². The molecule has 9 nitrogen and oxygen atoms in total. The number of aromatic nitrogens is 2. The summed E-state index contributed by atoms with van der Waals surface area (Å²) in [6, 6.07) is 7.53. The lowest BCUT2D eigenvalue weighted by molar-refractivity contribution is 0.0144. The van der Waals surface area contributed by atoms with Crippen molar-refractivity contribution >= 4 is 12.0 Å². The maximum atomic E-state index is 12.5. The summed E-state index contributed by atoms with van der Waals surface area (Å²) < 4.78 is 12.5. The molecular formula is C24H35N5O4. The highest BCUT2D eigenvalue weighted by Crippen LogP contribution is 2.23. The van der Waals surface area contributed by atoms with Crippen molar-refractivity contribution in [2.75, 3.05) is 46.4 Å². The normalized spacial score (nSPS) is 14.8. The molecule has 1 aliphatic rings. The maximum Gasteiger partial charge on any atom is 0.410 e. The maximum absolute atomic E-state index is 12.5. The fraction of sp³-hybridized carbons (Fsp3) is 0.542. The van der Waals surface area contributed by atoms with Crippen LogP contribution in [0.5, 0.6) is 5.75 Å². The standard InChI is InChI=1S/C24H35N5O4/c1-18-7-8-21(32-5)20(17-18)29-12-9-19(26-29)22(30)25-10-6-11-27-13-15-28(16-14-27)23(31)33-24(2,3)4/h7-9,12,17H,6,10-11,13-16H2,1-5H3,(H,25,30). The molecule has 1 aliphatic heterocycles. The third-order valence-electron chi connectivity index (χ3n) is 5.36. The van der Waals surface area contributed by atoms with Gasteiger partial charge >= 0.3 is 6.09 Å². The van der Waals surface area contributed by atoms with Gasteiger partial charge in [0.05, 0.1) is 7.11 Å². The molecule has 1 N–H and O–H groups in total. The Kier molecular flexibility index (Phi) is 7.97. The molecule has 0 unspecified atom stereocenters. The van der Waals surface area contributed by atoms with Gasteiger partial charge in [-0.25, -0.2) is 9.48 Å². The highest BCUT2D eigenvalue weighted by atomic mass is 16.6. The average Bonchev–Trinajstić information content (AvgIpc) is 3.26. The number of piperazine rings is 1. The fourth-order valence-electron chi connectivity index (χ4n) is 3.63. The summed E-state index contributed by atoms with van der Waals surface area (Å²) in [5.41, 5.74) is 1.76. The summed E-state index contributed by atoms with van der Waals surface area (Å²) in [7, 11) is 1.61. The second-order valence-corrected chi connectivity index (χ2v) is 9.24. The molecule has 1 saturated heterocycles. The van der Waals surface area contributed by atoms with Gasteiger partial charge in [-0.3, -0.25) is 9.69 Å². The van der Waals surface area contributed by atoms with Crippen LogP contribution in [0.3, 0.4) is 0 Å². The molecular weight excluding hydrogens is 422 g/mol. The van der Waals surface area contributed by atoms with E-state index in [1.54, 1.807) is 29.0 Å². The van der Waals surface area contributed by atoms with Crippen molar-refractivity contribution in [1.82, 2.24) is 24.9 Å². The molecule has 0 spiro atoms. The van der Waals surface area contributed by atoms with Gasteiger partial charge in [-0.15, -0.1) is 0 Å². The highest BCUT2D eigenvalue weighted by Gasteiger charge is 2.25. The van der Waals surface area contributed by atoms with Crippen molar-refractivity contribution < 1.29 is 19.1 Å². The molecule has 1 fully saturated rings. The summed E-state index contributed by atoms with van der Waals surface area (Å²) in [6.45, 7) is 12.0. The Bertz CT molecular complexity index is 958. The van der Waals surface area contributed by atoms with Crippen LogP contribution >= 0.6 is 0 Å². The van der Waals surface area contributed by atoms with E-state index in [9.17, 15) is 9.59 Å². The van der Waals surface area contributed by atoms with Gasteiger partial charge in [0.25, 0.3) is 5.91 Å². The molecule has 0 saturated carbocycles. The Morgan fingerprint density at radius 3 is 2.52 bits per heavy atom. The second kappa shape index (κ2) is 10.7. The zero-order valence-corrected chi connectivity index (χ0v) is 20.3. The van der Waals surface area contributed by atoms with E-state index in [1.807, 2.05) is 45.9 Å². The van der Waals surface area contributed by atoms with Crippen LogP contribution in [0.25, 0.3) is 5.69 Å². The number of carbonyl (C=O) groups excluding carboxylic acids is 2. The third-order valence-corrected chi connectivity index (χ3v) is 5.36. The number of hydrogen-bond donors (Lipinski definition) is 1. The van der Waals surface area contributed by atoms with Gasteiger partial charge in [0, 0.05) is 38.9 Å². The third kappa shape index (κ3) is 6.95. The molecule has 0 atom stereocenters. The lowest BCUT2D eigenvalue weighted by atomic mass is 10.2. The number of benzene rings is 1. The first-order chi connectivity index (χ1) is 15.7. The first-order valence-electron chi connectivity index (χ1n) is 11.4. The number of nitrogens with zero attached hydrogens (tertiary/aromatic N) is 4. The summed E-state index contributed by atoms with van der Waals surface area (Å²) in [4.78, 5) is 28.7. The second-order valence-electron chi connectivity index (χ2n) is 9.24. The van der Waals surface area contributed by atoms with E-state index in [4.69, 9.17) is 9.47 Å². The minimum Gasteiger partial charge on any atom is -0.494 e. The summed E-state index contributed by atoms with van der Waals surface area (Å²) in [5.74, 6) is 0.498. The van der Waals surface area contributed by atoms with Crippen molar-refractivity contribution in [2.45, 2.75) is 39.7 Å². The summed E-state index contributed by atoms with van der Waals surface area (Å²) in [5, 5.41) is 7.35. The number of nitrogens with one attached hydrogen (secondary N) is 1. The number of amides is 2. The largest absolute Gasteiger partial charge is 0.494 e. The molecule has 3 rings (SSSR count). The van der Waals surface area contributed by atoms with E-state index in [1.165, 1.54) is 0 Å². The van der Waals surface area contributed by atoms with Crippen LogP contribution in [0, 0.1) is 6.92 Å². The minimum atomic E-state index is -0.478. The smallest absolute Gasteiger partial charge is 0.410 e. The predicted molar refractivity (Wildman–Crippen MR) is 126 cm³/mol. The van der Waals surface area contributed by atoms with Crippen molar-refractivity contribution in [3.05, 3.63) is 41.7 Å². The molecule has 1 aromatic heterocycles. The van der Waals surface area contributed by atoms with Crippen LogP contribution < -0.4 is 10.1 Å². The van der Waals surface area contributed by atoms with Crippen LogP contribution in [0.15, 0.2) is 30.5 Å². The van der Waals surface area contributed by atoms with Crippen molar-refractivity contribution in [1.29, 1.82) is 0 Å². The van der Waals surface area contributed by atoms with Crippen molar-refractivity contribution in [2.24, 2.45) is 0 Å². The SMILES string of the molecule is COc1ccc(C)cc1-n1ccc(C(=O)NCCCN2CCN(C(=O)OC(C)(C)C)CC2)n1. The Labute approximate surface area is 195 Å². The number of aryl methyl sites for hydroxylation is 1. The van der Waals surface area contributed by atoms with Crippen LogP contribution in [0.1, 0.15) is 43.2 Å². The molecule has 0 bridgehead atoms. The van der Waals surface area contributed by atoms with Crippen LogP contribution in [0.2, 0.25) is 0 Å². The summed E-state index contributed by atoms with van der Waals surface area (Å²) >= 11 is 0. The van der Waals surface area contributed by atoms with E-state index in [2.05, 4.69) is 15.3 Å². The Morgan fingerprint density at radius 1 is 1.12 bits per heavy atom. The first-order valence-corrected chi connectivity index (χ1v) is 11.4. The van der Waals surface area contributed by atoms with Crippen LogP contribution in [0.4, 0.5) is 4.79 Å². The molecule has 0 aliphatic carbocycles. The zero-order valence-electron chi connectivity index (χ0n) is 20.3. The number of ether oxygens (including phenoxy) is 2. The van der Waals surface area contributed by atoms with Crippen molar-refractivity contribution in [3.63, 3.8) is 0 Å². The molecule has 2 amide bonds. The summed E-state index contributed by atoms with van der Waals surface area (Å²) in [6.07, 6.45) is 2.33. The monoisotopic (exact) mass is 457 g/mol. The van der Waals surface area contributed by atoms with Crippen LogP contribution in [-0.4, -0.2) is 83.6 Å². The van der Waals surface area contributed by atoms with E-state index >= 15 is 0 Å². The Hall–Kier alpha value is -3.07. The molecule has 2 heterocycles. The zero-order chi connectivity index (χ0) is 24.0. The van der Waals surface area contributed by atoms with E-state index in [0.29, 0.717) is 31.1 Å². The molecule has 0 radical (unpaired) electrons. The quantitative estimate of drug-likeness (QED) is 0.643. The van der Waals surface area contributed by atoms with Gasteiger partial charge in [-0.1, -0.05) is 6.07 Å². The first kappa shape index (κ1) is 24.6. The van der Waals surface area contributed by atoms with Crippen LogP contribution in [-0.2, 0) is 4.74 Å². The number of carbonyl (C=O) groups is 2. The number of hydrogen-bond acceptors (Lipinski definition) is 6. The Morgan fingerprint density at radius 2 is 1.85 bits per heavy atom. The molecule has 180 valence electrons. The van der Waals surface area contributed by atoms with E-state index in [-0.39, 0.29) is 12.0 Å². The van der Waals surface area contributed by atoms with Gasteiger partial charge < -0.3 is 19.7 Å². The van der Waals surface area contributed by atoms with Gasteiger partial charge in [0.1, 0.15) is 17.0 Å². The molecule has 9 heteroatoms.